The molecule has 4 nitrogen and oxygen atoms in total. The Morgan fingerprint density at radius 3 is 2.33 bits per heavy atom. The Morgan fingerprint density at radius 1 is 1.33 bits per heavy atom. The summed E-state index contributed by atoms with van der Waals surface area (Å²) in [6.07, 6.45) is 0. The lowest BCUT2D eigenvalue weighted by Crippen LogP contribution is -2.11. The smallest absolute Gasteiger partial charge is 0.310 e. The number of nitro benzene ring substituents is 1. The molecule has 0 aliphatic heterocycles. The first kappa shape index (κ1) is 11.5. The Balaban J connectivity index is 3.25. The second-order valence-corrected chi connectivity index (χ2v) is 4.39. The van der Waals surface area contributed by atoms with E-state index in [0.717, 1.165) is 5.56 Å². The molecule has 0 N–H and O–H groups in total. The van der Waals surface area contributed by atoms with Crippen molar-refractivity contribution in [3.63, 3.8) is 0 Å². The van der Waals surface area contributed by atoms with Crippen LogP contribution in [0.4, 0.5) is 5.69 Å². The normalized spacial score (nSPS) is 11.2. The first-order valence-electron chi connectivity index (χ1n) is 4.69. The molecule has 0 saturated heterocycles. The second-order valence-electron chi connectivity index (χ2n) is 4.39. The average molecular weight is 209 g/mol. The van der Waals surface area contributed by atoms with Crippen LogP contribution in [0.5, 0.6) is 5.75 Å². The van der Waals surface area contributed by atoms with Gasteiger partial charge >= 0.3 is 5.69 Å². The largest absolute Gasteiger partial charge is 0.490 e. The van der Waals surface area contributed by atoms with E-state index in [1.54, 1.807) is 12.1 Å². The van der Waals surface area contributed by atoms with Crippen LogP contribution in [-0.4, -0.2) is 12.0 Å². The molecular weight excluding hydrogens is 194 g/mol. The van der Waals surface area contributed by atoms with Crippen molar-refractivity contribution in [3.8, 4) is 5.75 Å². The summed E-state index contributed by atoms with van der Waals surface area (Å²) in [5.74, 6) is 0.312. The first-order chi connectivity index (χ1) is 6.86. The number of ether oxygens (including phenoxy) is 1. The minimum Gasteiger partial charge on any atom is -0.490 e. The molecular formula is C11H15NO3. The van der Waals surface area contributed by atoms with Gasteiger partial charge in [0.1, 0.15) is 0 Å². The summed E-state index contributed by atoms with van der Waals surface area (Å²) < 4.78 is 5.00. The summed E-state index contributed by atoms with van der Waals surface area (Å²) in [6.45, 7) is 6.15. The summed E-state index contributed by atoms with van der Waals surface area (Å²) in [5, 5.41) is 10.7. The maximum atomic E-state index is 10.7. The van der Waals surface area contributed by atoms with Crippen LogP contribution in [0.2, 0.25) is 0 Å². The third kappa shape index (κ3) is 2.46. The Hall–Kier alpha value is -1.58. The van der Waals surface area contributed by atoms with Crippen molar-refractivity contribution in [2.24, 2.45) is 0 Å². The van der Waals surface area contributed by atoms with Gasteiger partial charge in [-0.1, -0.05) is 26.8 Å². The lowest BCUT2D eigenvalue weighted by atomic mass is 9.87. The molecule has 0 radical (unpaired) electrons. The molecule has 1 rings (SSSR count). The Bertz CT molecular complexity index is 380. The van der Waals surface area contributed by atoms with Crippen molar-refractivity contribution in [1.29, 1.82) is 0 Å². The molecule has 1 aromatic rings. The van der Waals surface area contributed by atoms with Gasteiger partial charge in [0.25, 0.3) is 0 Å². The van der Waals surface area contributed by atoms with Crippen molar-refractivity contribution in [2.75, 3.05) is 7.11 Å². The number of hydrogen-bond donors (Lipinski definition) is 0. The van der Waals surface area contributed by atoms with E-state index < -0.39 is 4.92 Å². The highest BCUT2D eigenvalue weighted by atomic mass is 16.6. The van der Waals surface area contributed by atoms with Crippen LogP contribution >= 0.6 is 0 Å². The van der Waals surface area contributed by atoms with E-state index in [0.29, 0.717) is 5.75 Å². The molecule has 0 aromatic heterocycles. The molecule has 0 spiro atoms. The first-order valence-corrected chi connectivity index (χ1v) is 4.69. The van der Waals surface area contributed by atoms with Crippen LogP contribution in [0, 0.1) is 10.1 Å². The number of nitrogens with zero attached hydrogens (tertiary/aromatic N) is 1. The minimum absolute atomic E-state index is 0.00509. The quantitative estimate of drug-likeness (QED) is 0.556. The van der Waals surface area contributed by atoms with E-state index in [1.807, 2.05) is 20.8 Å². The maximum absolute atomic E-state index is 10.7. The van der Waals surface area contributed by atoms with Crippen molar-refractivity contribution in [1.82, 2.24) is 0 Å². The summed E-state index contributed by atoms with van der Waals surface area (Å²) in [7, 11) is 1.44. The molecule has 1 aromatic carbocycles. The number of methoxy groups -OCH3 is 1. The van der Waals surface area contributed by atoms with Gasteiger partial charge in [-0.3, -0.25) is 10.1 Å². The Morgan fingerprint density at radius 2 is 1.93 bits per heavy atom. The Kier molecular flexibility index (Phi) is 2.98. The molecule has 0 atom stereocenters. The molecule has 4 heteroatoms. The van der Waals surface area contributed by atoms with Gasteiger partial charge in [0, 0.05) is 6.07 Å². The van der Waals surface area contributed by atoms with E-state index in [9.17, 15) is 10.1 Å². The highest BCUT2D eigenvalue weighted by Crippen LogP contribution is 2.32. The number of hydrogen-bond acceptors (Lipinski definition) is 3. The molecule has 0 amide bonds. The topological polar surface area (TPSA) is 52.4 Å². The van der Waals surface area contributed by atoms with E-state index >= 15 is 0 Å². The second kappa shape index (κ2) is 3.88. The van der Waals surface area contributed by atoms with Gasteiger partial charge in [0.15, 0.2) is 5.75 Å². The van der Waals surface area contributed by atoms with Crippen LogP contribution < -0.4 is 4.74 Å². The van der Waals surface area contributed by atoms with Gasteiger partial charge < -0.3 is 4.74 Å². The molecule has 0 aliphatic carbocycles. The number of benzene rings is 1. The average Bonchev–Trinajstić information content (AvgIpc) is 2.15. The Labute approximate surface area is 89.0 Å². The van der Waals surface area contributed by atoms with E-state index in [-0.39, 0.29) is 11.1 Å². The molecule has 15 heavy (non-hydrogen) atoms. The van der Waals surface area contributed by atoms with Gasteiger partial charge in [-0.15, -0.1) is 0 Å². The predicted octanol–water partition coefficient (Wildman–Crippen LogP) is 2.90. The number of nitro groups is 1. The standard InChI is InChI=1S/C11H15NO3/c1-11(2,3)8-5-6-9(12(13)14)10(7-8)15-4/h5-7H,1-4H3. The van der Waals surface area contributed by atoms with Gasteiger partial charge in [0.05, 0.1) is 12.0 Å². The van der Waals surface area contributed by atoms with Gasteiger partial charge in [-0.2, -0.15) is 0 Å². The molecule has 0 heterocycles. The monoisotopic (exact) mass is 209 g/mol. The summed E-state index contributed by atoms with van der Waals surface area (Å²) in [5.41, 5.74) is 0.984. The van der Waals surface area contributed by atoms with Crippen molar-refractivity contribution in [3.05, 3.63) is 33.9 Å². The minimum atomic E-state index is -0.439. The molecule has 0 fully saturated rings. The molecule has 0 bridgehead atoms. The highest BCUT2D eigenvalue weighted by Gasteiger charge is 2.20. The fourth-order valence-corrected chi connectivity index (χ4v) is 1.29. The zero-order valence-corrected chi connectivity index (χ0v) is 9.40. The predicted molar refractivity (Wildman–Crippen MR) is 58.3 cm³/mol. The van der Waals surface area contributed by atoms with Crippen LogP contribution in [0.25, 0.3) is 0 Å². The SMILES string of the molecule is COc1cc(C(C)(C)C)ccc1[N+](=O)[O-]. The molecule has 0 unspecified atom stereocenters. The van der Waals surface area contributed by atoms with Crippen LogP contribution in [0.15, 0.2) is 18.2 Å². The fourth-order valence-electron chi connectivity index (χ4n) is 1.29. The zero-order valence-electron chi connectivity index (χ0n) is 9.40. The zero-order chi connectivity index (χ0) is 11.6. The lowest BCUT2D eigenvalue weighted by molar-refractivity contribution is -0.385. The summed E-state index contributed by atoms with van der Waals surface area (Å²) >= 11 is 0. The van der Waals surface area contributed by atoms with Gasteiger partial charge in [-0.25, -0.2) is 0 Å². The van der Waals surface area contributed by atoms with Crippen LogP contribution in [-0.2, 0) is 5.41 Å². The summed E-state index contributed by atoms with van der Waals surface area (Å²) in [4.78, 5) is 10.2. The van der Waals surface area contributed by atoms with E-state index in [2.05, 4.69) is 0 Å². The molecule has 0 aliphatic rings. The van der Waals surface area contributed by atoms with Gasteiger partial charge in [0.2, 0.25) is 0 Å². The fraction of sp³-hybridized carbons (Fsp3) is 0.455. The van der Waals surface area contributed by atoms with Crippen molar-refractivity contribution in [2.45, 2.75) is 26.2 Å². The van der Waals surface area contributed by atoms with Crippen LogP contribution in [0.1, 0.15) is 26.3 Å². The molecule has 0 saturated carbocycles. The number of rotatable bonds is 2. The third-order valence-corrected chi connectivity index (χ3v) is 2.24. The highest BCUT2D eigenvalue weighted by molar-refractivity contribution is 5.49. The molecule has 82 valence electrons. The van der Waals surface area contributed by atoms with Gasteiger partial charge in [-0.05, 0) is 17.0 Å². The van der Waals surface area contributed by atoms with Crippen LogP contribution in [0.3, 0.4) is 0 Å². The third-order valence-electron chi connectivity index (χ3n) is 2.24. The van der Waals surface area contributed by atoms with E-state index in [1.165, 1.54) is 13.2 Å². The summed E-state index contributed by atoms with van der Waals surface area (Å²) in [6, 6.07) is 4.97. The van der Waals surface area contributed by atoms with Crippen molar-refractivity contribution < 1.29 is 9.66 Å². The maximum Gasteiger partial charge on any atom is 0.310 e. The van der Waals surface area contributed by atoms with E-state index in [4.69, 9.17) is 4.74 Å². The lowest BCUT2D eigenvalue weighted by Gasteiger charge is -2.19. The van der Waals surface area contributed by atoms with Crippen molar-refractivity contribution >= 4 is 5.69 Å².